The van der Waals surface area contributed by atoms with Crippen molar-refractivity contribution in [1.29, 1.82) is 0 Å². The third-order valence-electron chi connectivity index (χ3n) is 7.38. The maximum Gasteiger partial charge on any atom is 0.335 e. The third-order valence-corrected chi connectivity index (χ3v) is 7.38. The Balaban J connectivity index is 1.26. The van der Waals surface area contributed by atoms with Crippen LogP contribution >= 0.6 is 0 Å². The van der Waals surface area contributed by atoms with Crippen molar-refractivity contribution in [2.24, 2.45) is 0 Å². The van der Waals surface area contributed by atoms with Gasteiger partial charge >= 0.3 is 5.97 Å². The number of nitrogens with zero attached hydrogens (tertiary/aromatic N) is 4. The van der Waals surface area contributed by atoms with Gasteiger partial charge in [-0.1, -0.05) is 30.3 Å². The Morgan fingerprint density at radius 3 is 2.57 bits per heavy atom. The van der Waals surface area contributed by atoms with Crippen LogP contribution in [-0.2, 0) is 12.8 Å². The van der Waals surface area contributed by atoms with Gasteiger partial charge in [0.1, 0.15) is 17.7 Å². The number of amides is 2. The van der Waals surface area contributed by atoms with Crippen LogP contribution in [0.5, 0.6) is 0 Å². The van der Waals surface area contributed by atoms with Crippen molar-refractivity contribution in [3.8, 4) is 0 Å². The number of carbonyl (C=O) groups is 3. The topological polar surface area (TPSA) is 139 Å². The Morgan fingerprint density at radius 1 is 0.973 bits per heavy atom. The molecule has 0 saturated heterocycles. The van der Waals surface area contributed by atoms with E-state index in [-0.39, 0.29) is 40.7 Å². The van der Waals surface area contributed by atoms with E-state index in [0.717, 1.165) is 35.1 Å². The molecule has 2 atom stereocenters. The van der Waals surface area contributed by atoms with E-state index in [1.807, 2.05) is 18.2 Å². The van der Waals surface area contributed by atoms with Gasteiger partial charge in [-0.25, -0.2) is 9.78 Å². The Hall–Kier alpha value is -4.60. The molecular formula is C27H24N6O4. The summed E-state index contributed by atoms with van der Waals surface area (Å²) < 4.78 is 1.31. The summed E-state index contributed by atoms with van der Waals surface area (Å²) in [6, 6.07) is 12.4. The summed E-state index contributed by atoms with van der Waals surface area (Å²) in [5, 5.41) is 19.6. The van der Waals surface area contributed by atoms with Crippen LogP contribution in [0.2, 0.25) is 0 Å². The molecule has 0 bridgehead atoms. The van der Waals surface area contributed by atoms with Crippen LogP contribution in [0.15, 0.2) is 48.8 Å². The van der Waals surface area contributed by atoms with E-state index in [4.69, 9.17) is 0 Å². The predicted octanol–water partition coefficient (Wildman–Crippen LogP) is 2.97. The summed E-state index contributed by atoms with van der Waals surface area (Å²) in [6.07, 6.45) is 4.29. The van der Waals surface area contributed by atoms with Crippen molar-refractivity contribution < 1.29 is 19.5 Å². The Kier molecular flexibility index (Phi) is 5.44. The third kappa shape index (κ3) is 3.90. The summed E-state index contributed by atoms with van der Waals surface area (Å²) in [5.74, 6) is -1.62. The van der Waals surface area contributed by atoms with Gasteiger partial charge in [0.15, 0.2) is 0 Å². The first-order valence-corrected chi connectivity index (χ1v) is 12.2. The molecule has 2 heterocycles. The second-order valence-corrected chi connectivity index (χ2v) is 9.44. The quantitative estimate of drug-likeness (QED) is 0.386. The molecule has 10 nitrogen and oxygen atoms in total. The van der Waals surface area contributed by atoms with Gasteiger partial charge in [0.25, 0.3) is 17.6 Å². The molecule has 0 saturated carbocycles. The van der Waals surface area contributed by atoms with Crippen LogP contribution in [0.1, 0.15) is 84.1 Å². The molecule has 2 aromatic heterocycles. The van der Waals surface area contributed by atoms with Gasteiger partial charge in [-0.05, 0) is 66.5 Å². The number of nitrogens with one attached hydrogen (secondary N) is 2. The number of carboxylic acids is 1. The number of rotatable bonds is 5. The van der Waals surface area contributed by atoms with Gasteiger partial charge in [0.05, 0.1) is 17.6 Å². The molecule has 37 heavy (non-hydrogen) atoms. The van der Waals surface area contributed by atoms with Crippen LogP contribution in [0, 0.1) is 6.92 Å². The van der Waals surface area contributed by atoms with Gasteiger partial charge in [-0.15, -0.1) is 0 Å². The van der Waals surface area contributed by atoms with Gasteiger partial charge < -0.3 is 15.7 Å². The first-order valence-electron chi connectivity index (χ1n) is 12.2. The first-order chi connectivity index (χ1) is 17.9. The van der Waals surface area contributed by atoms with Crippen LogP contribution in [0.25, 0.3) is 5.78 Å². The van der Waals surface area contributed by atoms with Crippen LogP contribution in [0.3, 0.4) is 0 Å². The number of hydrogen-bond acceptors (Lipinski definition) is 6. The minimum absolute atomic E-state index is 0.0868. The molecule has 2 aliphatic carbocycles. The minimum Gasteiger partial charge on any atom is -0.478 e. The molecule has 2 aromatic carbocycles. The number of carbonyl (C=O) groups excluding carboxylic acids is 2. The van der Waals surface area contributed by atoms with E-state index >= 15 is 0 Å². The summed E-state index contributed by atoms with van der Waals surface area (Å²) in [4.78, 5) is 46.5. The number of fused-ring (bicyclic) bond motifs is 3. The molecule has 2 aliphatic rings. The number of aromatic nitrogens is 4. The van der Waals surface area contributed by atoms with Gasteiger partial charge in [-0.2, -0.15) is 14.6 Å². The van der Waals surface area contributed by atoms with Crippen molar-refractivity contribution in [3.63, 3.8) is 0 Å². The number of hydrogen-bond donors (Lipinski definition) is 3. The lowest BCUT2D eigenvalue weighted by atomic mass is 9.98. The fourth-order valence-electron chi connectivity index (χ4n) is 5.52. The molecule has 0 radical (unpaired) electrons. The maximum atomic E-state index is 13.4. The molecule has 0 unspecified atom stereocenters. The highest BCUT2D eigenvalue weighted by molar-refractivity contribution is 5.98. The summed E-state index contributed by atoms with van der Waals surface area (Å²) in [7, 11) is 0. The molecule has 0 spiro atoms. The van der Waals surface area contributed by atoms with E-state index in [2.05, 4.69) is 31.8 Å². The number of benzene rings is 2. The highest BCUT2D eigenvalue weighted by Crippen LogP contribution is 2.35. The van der Waals surface area contributed by atoms with Crippen molar-refractivity contribution in [2.75, 3.05) is 0 Å². The average Bonchev–Trinajstić information content (AvgIpc) is 3.63. The number of aryl methyl sites for hydroxylation is 1. The fourth-order valence-corrected chi connectivity index (χ4v) is 5.52. The van der Waals surface area contributed by atoms with Crippen LogP contribution < -0.4 is 10.6 Å². The van der Waals surface area contributed by atoms with E-state index in [9.17, 15) is 19.5 Å². The zero-order valence-corrected chi connectivity index (χ0v) is 20.1. The monoisotopic (exact) mass is 496 g/mol. The molecule has 4 aromatic rings. The van der Waals surface area contributed by atoms with E-state index in [1.165, 1.54) is 22.5 Å². The smallest absolute Gasteiger partial charge is 0.335 e. The van der Waals surface area contributed by atoms with E-state index < -0.39 is 11.9 Å². The standard InChI is InChI=1S/C27H24N6O4/c1-14-16-9-11-21(19(16)8-7-17(14)26(36)37)31-25(35)23-12-22(32-27-28-13-29-33(23)27)24(34)30-20-10-6-15-4-2-3-5-18(15)20/h2-5,7-8,12-13,20-21H,6,9-11H2,1H3,(H,30,34)(H,31,35)(H,36,37)/t20-,21+/m1/s1. The summed E-state index contributed by atoms with van der Waals surface area (Å²) in [5.41, 5.74) is 5.38. The number of aromatic carboxylic acids is 1. The van der Waals surface area contributed by atoms with Gasteiger partial charge in [0, 0.05) is 6.07 Å². The number of carboxylic acid groups (broad SMARTS) is 1. The van der Waals surface area contributed by atoms with E-state index in [1.54, 1.807) is 19.1 Å². The lowest BCUT2D eigenvalue weighted by Crippen LogP contribution is -2.31. The fraction of sp³-hybridized carbons (Fsp3) is 0.259. The summed E-state index contributed by atoms with van der Waals surface area (Å²) >= 11 is 0. The SMILES string of the molecule is Cc1c(C(=O)O)ccc2c1CC[C@@H]2NC(=O)c1cc(C(=O)N[C@@H]2CCc3ccccc32)nc2ncnn12. The average molecular weight is 497 g/mol. The maximum absolute atomic E-state index is 13.4. The second kappa shape index (κ2) is 8.81. The zero-order valence-electron chi connectivity index (χ0n) is 20.1. The lowest BCUT2D eigenvalue weighted by molar-refractivity contribution is 0.0695. The van der Waals surface area contributed by atoms with E-state index in [0.29, 0.717) is 12.8 Å². The minimum atomic E-state index is -0.968. The van der Waals surface area contributed by atoms with Crippen molar-refractivity contribution in [3.05, 3.63) is 93.6 Å². The van der Waals surface area contributed by atoms with Crippen molar-refractivity contribution >= 4 is 23.6 Å². The lowest BCUT2D eigenvalue weighted by Gasteiger charge is -2.17. The normalized spacial score (nSPS) is 17.9. The van der Waals surface area contributed by atoms with Gasteiger partial charge in [0.2, 0.25) is 0 Å². The Morgan fingerprint density at radius 2 is 1.73 bits per heavy atom. The van der Waals surface area contributed by atoms with Crippen LogP contribution in [0.4, 0.5) is 0 Å². The molecule has 186 valence electrons. The first kappa shape index (κ1) is 22.8. The molecule has 6 rings (SSSR count). The molecule has 0 aliphatic heterocycles. The molecular weight excluding hydrogens is 472 g/mol. The Bertz CT molecular complexity index is 1590. The molecule has 2 amide bonds. The van der Waals surface area contributed by atoms with Gasteiger partial charge in [-0.3, -0.25) is 9.59 Å². The van der Waals surface area contributed by atoms with Crippen molar-refractivity contribution in [2.45, 2.75) is 44.7 Å². The second-order valence-electron chi connectivity index (χ2n) is 9.44. The molecule has 0 fully saturated rings. The Labute approximate surface area is 211 Å². The summed E-state index contributed by atoms with van der Waals surface area (Å²) in [6.45, 7) is 1.79. The van der Waals surface area contributed by atoms with Crippen LogP contribution in [-0.4, -0.2) is 42.5 Å². The highest BCUT2D eigenvalue weighted by Gasteiger charge is 2.30. The zero-order chi connectivity index (χ0) is 25.7. The highest BCUT2D eigenvalue weighted by atomic mass is 16.4. The predicted molar refractivity (Wildman–Crippen MR) is 132 cm³/mol. The van der Waals surface area contributed by atoms with Crippen molar-refractivity contribution in [1.82, 2.24) is 30.2 Å². The molecule has 10 heteroatoms. The molecule has 3 N–H and O–H groups in total. The largest absolute Gasteiger partial charge is 0.478 e.